The Hall–Kier alpha value is -1.36. The lowest BCUT2D eigenvalue weighted by molar-refractivity contribution is 1.02. The largest absolute Gasteiger partial charge is 0.260 e. The molecule has 1 aromatic rings. The standard InChI is InChI=1S/C9H10N2/c1-3-9-8(5-10)4-7(2)6-11-9/h4,6H,3H2,1-2H3. The van der Waals surface area contributed by atoms with Gasteiger partial charge in [-0.1, -0.05) is 6.92 Å². The number of pyridine rings is 1. The van der Waals surface area contributed by atoms with Gasteiger partial charge in [0.2, 0.25) is 0 Å². The molecular weight excluding hydrogens is 136 g/mol. The molecule has 1 heterocycles. The molecule has 0 saturated heterocycles. The highest BCUT2D eigenvalue weighted by Crippen LogP contribution is 2.06. The molecule has 0 unspecified atom stereocenters. The van der Waals surface area contributed by atoms with Crippen LogP contribution in [-0.2, 0) is 6.42 Å². The first kappa shape index (κ1) is 7.74. The van der Waals surface area contributed by atoms with Crippen LogP contribution in [-0.4, -0.2) is 4.98 Å². The molecule has 11 heavy (non-hydrogen) atoms. The molecule has 1 aromatic heterocycles. The van der Waals surface area contributed by atoms with Gasteiger partial charge in [-0.2, -0.15) is 5.26 Å². The predicted molar refractivity (Wildman–Crippen MR) is 43.1 cm³/mol. The Balaban J connectivity index is 3.19. The van der Waals surface area contributed by atoms with Crippen molar-refractivity contribution in [1.82, 2.24) is 4.98 Å². The van der Waals surface area contributed by atoms with E-state index in [1.165, 1.54) is 0 Å². The highest BCUT2D eigenvalue weighted by atomic mass is 14.7. The summed E-state index contributed by atoms with van der Waals surface area (Å²) in [7, 11) is 0. The van der Waals surface area contributed by atoms with Crippen LogP contribution in [0.1, 0.15) is 23.7 Å². The fourth-order valence-corrected chi connectivity index (χ4v) is 0.976. The number of nitrogens with zero attached hydrogens (tertiary/aromatic N) is 2. The maximum atomic E-state index is 8.68. The van der Waals surface area contributed by atoms with Crippen molar-refractivity contribution in [2.45, 2.75) is 20.3 Å². The van der Waals surface area contributed by atoms with Crippen molar-refractivity contribution in [1.29, 1.82) is 5.26 Å². The van der Waals surface area contributed by atoms with E-state index in [9.17, 15) is 0 Å². The van der Waals surface area contributed by atoms with Gasteiger partial charge in [-0.05, 0) is 25.0 Å². The number of rotatable bonds is 1. The molecule has 0 aliphatic carbocycles. The maximum absolute atomic E-state index is 8.68. The minimum absolute atomic E-state index is 0.701. The molecule has 0 spiro atoms. The molecule has 0 radical (unpaired) electrons. The summed E-state index contributed by atoms with van der Waals surface area (Å²) >= 11 is 0. The van der Waals surface area contributed by atoms with Gasteiger partial charge in [0.1, 0.15) is 6.07 Å². The minimum atomic E-state index is 0.701. The Morgan fingerprint density at radius 2 is 2.36 bits per heavy atom. The summed E-state index contributed by atoms with van der Waals surface area (Å²) < 4.78 is 0. The van der Waals surface area contributed by atoms with Crippen LogP contribution in [0, 0.1) is 18.3 Å². The Labute approximate surface area is 66.5 Å². The smallest absolute Gasteiger partial charge is 0.101 e. The molecule has 0 aliphatic heterocycles. The van der Waals surface area contributed by atoms with Gasteiger partial charge in [-0.15, -0.1) is 0 Å². The van der Waals surface area contributed by atoms with Crippen molar-refractivity contribution < 1.29 is 0 Å². The van der Waals surface area contributed by atoms with E-state index in [-0.39, 0.29) is 0 Å². The van der Waals surface area contributed by atoms with Crippen LogP contribution in [0.15, 0.2) is 12.3 Å². The highest BCUT2D eigenvalue weighted by molar-refractivity contribution is 5.35. The molecule has 0 amide bonds. The third-order valence-electron chi connectivity index (χ3n) is 1.56. The average molecular weight is 146 g/mol. The summed E-state index contributed by atoms with van der Waals surface area (Å²) in [6.07, 6.45) is 2.61. The molecule has 0 aliphatic rings. The van der Waals surface area contributed by atoms with E-state index in [0.717, 1.165) is 17.7 Å². The normalized spacial score (nSPS) is 9.18. The summed E-state index contributed by atoms with van der Waals surface area (Å²) in [6, 6.07) is 3.99. The summed E-state index contributed by atoms with van der Waals surface area (Å²) in [5, 5.41) is 8.68. The van der Waals surface area contributed by atoms with Gasteiger partial charge >= 0.3 is 0 Å². The van der Waals surface area contributed by atoms with E-state index in [2.05, 4.69) is 11.1 Å². The predicted octanol–water partition coefficient (Wildman–Crippen LogP) is 1.82. The van der Waals surface area contributed by atoms with Crippen molar-refractivity contribution in [2.24, 2.45) is 0 Å². The second-order valence-electron chi connectivity index (χ2n) is 2.47. The van der Waals surface area contributed by atoms with E-state index < -0.39 is 0 Å². The Morgan fingerprint density at radius 3 is 2.91 bits per heavy atom. The van der Waals surface area contributed by atoms with Crippen LogP contribution in [0.25, 0.3) is 0 Å². The van der Waals surface area contributed by atoms with Crippen molar-refractivity contribution in [2.75, 3.05) is 0 Å². The molecule has 0 aromatic carbocycles. The van der Waals surface area contributed by atoms with Crippen molar-refractivity contribution in [3.63, 3.8) is 0 Å². The van der Waals surface area contributed by atoms with Crippen LogP contribution < -0.4 is 0 Å². The molecule has 2 nitrogen and oxygen atoms in total. The summed E-state index contributed by atoms with van der Waals surface area (Å²) in [5.74, 6) is 0. The van der Waals surface area contributed by atoms with Crippen LogP contribution in [0.2, 0.25) is 0 Å². The summed E-state index contributed by atoms with van der Waals surface area (Å²) in [6.45, 7) is 3.94. The quantitative estimate of drug-likeness (QED) is 0.606. The van der Waals surface area contributed by atoms with Crippen molar-refractivity contribution >= 4 is 0 Å². The van der Waals surface area contributed by atoms with E-state index in [1.54, 1.807) is 6.20 Å². The fourth-order valence-electron chi connectivity index (χ4n) is 0.976. The molecule has 56 valence electrons. The van der Waals surface area contributed by atoms with Gasteiger partial charge in [0.25, 0.3) is 0 Å². The highest BCUT2D eigenvalue weighted by Gasteiger charge is 1.99. The molecule has 0 fully saturated rings. The zero-order valence-electron chi connectivity index (χ0n) is 6.76. The average Bonchev–Trinajstić information content (AvgIpc) is 2.04. The molecule has 1 rings (SSSR count). The van der Waals surface area contributed by atoms with Crippen LogP contribution in [0.4, 0.5) is 0 Å². The van der Waals surface area contributed by atoms with E-state index in [0.29, 0.717) is 5.56 Å². The lowest BCUT2D eigenvalue weighted by Gasteiger charge is -1.98. The van der Waals surface area contributed by atoms with Crippen LogP contribution in [0.5, 0.6) is 0 Å². The van der Waals surface area contributed by atoms with Gasteiger partial charge in [-0.25, -0.2) is 0 Å². The first-order chi connectivity index (χ1) is 5.27. The van der Waals surface area contributed by atoms with Crippen molar-refractivity contribution in [3.8, 4) is 6.07 Å². The minimum Gasteiger partial charge on any atom is -0.260 e. The van der Waals surface area contributed by atoms with Gasteiger partial charge in [0.05, 0.1) is 11.3 Å². The zero-order chi connectivity index (χ0) is 8.27. The van der Waals surface area contributed by atoms with Crippen molar-refractivity contribution in [3.05, 3.63) is 29.1 Å². The van der Waals surface area contributed by atoms with Gasteiger partial charge in [0, 0.05) is 6.20 Å². The number of nitriles is 1. The van der Waals surface area contributed by atoms with Gasteiger partial charge in [0.15, 0.2) is 0 Å². The van der Waals surface area contributed by atoms with Crippen LogP contribution in [0.3, 0.4) is 0 Å². The van der Waals surface area contributed by atoms with Gasteiger partial charge in [-0.3, -0.25) is 4.98 Å². The lowest BCUT2D eigenvalue weighted by Crippen LogP contribution is -1.92. The third kappa shape index (κ3) is 1.56. The van der Waals surface area contributed by atoms with E-state index >= 15 is 0 Å². The fraction of sp³-hybridized carbons (Fsp3) is 0.333. The SMILES string of the molecule is CCc1ncc(C)cc1C#N. The monoisotopic (exact) mass is 146 g/mol. The number of hydrogen-bond donors (Lipinski definition) is 0. The number of hydrogen-bond acceptors (Lipinski definition) is 2. The topological polar surface area (TPSA) is 36.7 Å². The Morgan fingerprint density at radius 1 is 1.64 bits per heavy atom. The third-order valence-corrected chi connectivity index (χ3v) is 1.56. The molecule has 0 bridgehead atoms. The van der Waals surface area contributed by atoms with E-state index in [1.807, 2.05) is 19.9 Å². The number of aromatic nitrogens is 1. The van der Waals surface area contributed by atoms with Gasteiger partial charge < -0.3 is 0 Å². The number of aryl methyl sites for hydroxylation is 2. The summed E-state index contributed by atoms with van der Waals surface area (Å²) in [4.78, 5) is 4.15. The Kier molecular flexibility index (Phi) is 2.22. The maximum Gasteiger partial charge on any atom is 0.101 e. The molecule has 0 N–H and O–H groups in total. The first-order valence-electron chi connectivity index (χ1n) is 3.63. The Bertz CT molecular complexity index is 297. The second kappa shape index (κ2) is 3.16. The van der Waals surface area contributed by atoms with Crippen LogP contribution >= 0.6 is 0 Å². The molecular formula is C9H10N2. The molecule has 0 atom stereocenters. The molecule has 2 heteroatoms. The first-order valence-corrected chi connectivity index (χ1v) is 3.63. The van der Waals surface area contributed by atoms with E-state index in [4.69, 9.17) is 5.26 Å². The zero-order valence-corrected chi connectivity index (χ0v) is 6.76. The summed E-state index contributed by atoms with van der Waals surface area (Å²) in [5.41, 5.74) is 2.63. The second-order valence-corrected chi connectivity index (χ2v) is 2.47. The lowest BCUT2D eigenvalue weighted by atomic mass is 10.1. The molecule has 0 saturated carbocycles.